The molecule has 4 nitrogen and oxygen atoms in total. The highest BCUT2D eigenvalue weighted by Crippen LogP contribution is 2.29. The number of halogens is 1. The lowest BCUT2D eigenvalue weighted by molar-refractivity contribution is -0.160. The third kappa shape index (κ3) is 2.98. The Morgan fingerprint density at radius 3 is 2.44 bits per heavy atom. The van der Waals surface area contributed by atoms with E-state index in [9.17, 15) is 14.3 Å². The molecular formula is C13H17FO4. The lowest BCUT2D eigenvalue weighted by Gasteiger charge is -2.26. The van der Waals surface area contributed by atoms with Crippen LogP contribution in [0.1, 0.15) is 19.4 Å². The highest BCUT2D eigenvalue weighted by molar-refractivity contribution is 5.76. The molecule has 0 bridgehead atoms. The zero-order valence-corrected chi connectivity index (χ0v) is 10.6. The summed E-state index contributed by atoms with van der Waals surface area (Å²) in [6, 6.07) is 6.18. The number of methoxy groups -OCH3 is 1. The van der Waals surface area contributed by atoms with Crippen LogP contribution in [0.2, 0.25) is 0 Å². The largest absolute Gasteiger partial charge is 0.497 e. The molecule has 2 unspecified atom stereocenters. The molecule has 18 heavy (non-hydrogen) atoms. The molecule has 0 spiro atoms. The maximum atomic E-state index is 13.9. The third-order valence-electron chi connectivity index (χ3n) is 2.66. The second-order valence-electron chi connectivity index (χ2n) is 3.99. The molecule has 0 aromatic heterocycles. The minimum absolute atomic E-state index is 0.0674. The molecule has 0 aliphatic carbocycles. The molecule has 0 amide bonds. The van der Waals surface area contributed by atoms with E-state index in [1.807, 2.05) is 0 Å². The van der Waals surface area contributed by atoms with Gasteiger partial charge in [-0.15, -0.1) is 0 Å². The molecule has 5 heteroatoms. The van der Waals surface area contributed by atoms with Crippen molar-refractivity contribution in [3.05, 3.63) is 29.8 Å². The molecule has 0 saturated heterocycles. The van der Waals surface area contributed by atoms with Gasteiger partial charge >= 0.3 is 5.97 Å². The van der Waals surface area contributed by atoms with Gasteiger partial charge in [0.1, 0.15) is 11.4 Å². The SMILES string of the molecule is CCOC(=O)C(F)C(C)(O)c1ccc(OC)cc1. The van der Waals surface area contributed by atoms with Crippen molar-refractivity contribution in [1.82, 2.24) is 0 Å². The number of esters is 1. The third-order valence-corrected chi connectivity index (χ3v) is 2.66. The Morgan fingerprint density at radius 2 is 2.00 bits per heavy atom. The fourth-order valence-electron chi connectivity index (χ4n) is 1.52. The standard InChI is InChI=1S/C13H17FO4/c1-4-18-12(15)11(14)13(2,16)9-5-7-10(17-3)8-6-9/h5-8,11,16H,4H2,1-3H3. The van der Waals surface area contributed by atoms with Gasteiger partial charge in [-0.3, -0.25) is 0 Å². The number of ether oxygens (including phenoxy) is 2. The van der Waals surface area contributed by atoms with E-state index in [-0.39, 0.29) is 12.2 Å². The number of hydrogen-bond acceptors (Lipinski definition) is 4. The van der Waals surface area contributed by atoms with Crippen molar-refractivity contribution in [1.29, 1.82) is 0 Å². The van der Waals surface area contributed by atoms with Gasteiger partial charge in [0.15, 0.2) is 0 Å². The van der Waals surface area contributed by atoms with Crippen LogP contribution in [0, 0.1) is 0 Å². The number of carbonyl (C=O) groups is 1. The molecule has 0 saturated carbocycles. The summed E-state index contributed by atoms with van der Waals surface area (Å²) in [6.07, 6.45) is -2.13. The molecule has 0 radical (unpaired) electrons. The zero-order valence-electron chi connectivity index (χ0n) is 10.6. The van der Waals surface area contributed by atoms with Gasteiger partial charge < -0.3 is 14.6 Å². The Morgan fingerprint density at radius 1 is 1.44 bits per heavy atom. The number of alkyl halides is 1. The molecule has 0 aliphatic rings. The van der Waals surface area contributed by atoms with Crippen LogP contribution < -0.4 is 4.74 Å². The van der Waals surface area contributed by atoms with Crippen molar-refractivity contribution < 1.29 is 23.8 Å². The van der Waals surface area contributed by atoms with Crippen LogP contribution in [-0.2, 0) is 15.1 Å². The van der Waals surface area contributed by atoms with Crippen molar-refractivity contribution in [2.75, 3.05) is 13.7 Å². The molecule has 2 atom stereocenters. The van der Waals surface area contributed by atoms with Gasteiger partial charge in [-0.25, -0.2) is 9.18 Å². The molecule has 100 valence electrons. The second-order valence-corrected chi connectivity index (χ2v) is 3.99. The molecule has 0 aliphatic heterocycles. The Kier molecular flexibility index (Phi) is 4.67. The lowest BCUT2D eigenvalue weighted by atomic mass is 9.91. The van der Waals surface area contributed by atoms with Crippen molar-refractivity contribution >= 4 is 5.97 Å². The lowest BCUT2D eigenvalue weighted by Crippen LogP contribution is -2.40. The number of hydrogen-bond donors (Lipinski definition) is 1. The van der Waals surface area contributed by atoms with Gasteiger partial charge in [0.2, 0.25) is 6.17 Å². The van der Waals surface area contributed by atoms with Gasteiger partial charge in [0, 0.05) is 0 Å². The normalized spacial score (nSPS) is 15.6. The van der Waals surface area contributed by atoms with Crippen LogP contribution >= 0.6 is 0 Å². The van der Waals surface area contributed by atoms with Crippen molar-refractivity contribution in [2.45, 2.75) is 25.6 Å². The summed E-state index contributed by atoms with van der Waals surface area (Å²) in [4.78, 5) is 11.3. The van der Waals surface area contributed by atoms with Crippen LogP contribution in [0.3, 0.4) is 0 Å². The summed E-state index contributed by atoms with van der Waals surface area (Å²) in [7, 11) is 1.50. The van der Waals surface area contributed by atoms with E-state index in [4.69, 9.17) is 4.74 Å². The van der Waals surface area contributed by atoms with E-state index in [2.05, 4.69) is 4.74 Å². The summed E-state index contributed by atoms with van der Waals surface area (Å²) in [5.74, 6) is -0.487. The molecule has 0 heterocycles. The number of rotatable bonds is 5. The highest BCUT2D eigenvalue weighted by Gasteiger charge is 2.40. The Labute approximate surface area is 105 Å². The summed E-state index contributed by atoms with van der Waals surface area (Å²) in [5, 5.41) is 10.1. The van der Waals surface area contributed by atoms with E-state index in [1.165, 1.54) is 26.2 Å². The maximum absolute atomic E-state index is 13.9. The molecule has 1 rings (SSSR count). The first kappa shape index (κ1) is 14.4. The zero-order chi connectivity index (χ0) is 13.8. The Bertz CT molecular complexity index is 400. The predicted octanol–water partition coefficient (Wildman–Crippen LogP) is 1.80. The van der Waals surface area contributed by atoms with Gasteiger partial charge in [-0.2, -0.15) is 0 Å². The molecular weight excluding hydrogens is 239 g/mol. The molecule has 1 aromatic rings. The predicted molar refractivity (Wildman–Crippen MR) is 64.1 cm³/mol. The number of carbonyl (C=O) groups excluding carboxylic acids is 1. The van der Waals surface area contributed by atoms with E-state index >= 15 is 0 Å². The first-order valence-corrected chi connectivity index (χ1v) is 5.61. The minimum Gasteiger partial charge on any atom is -0.497 e. The molecule has 1 aromatic carbocycles. The summed E-state index contributed by atoms with van der Waals surface area (Å²) in [6.45, 7) is 2.88. The fraction of sp³-hybridized carbons (Fsp3) is 0.462. The van der Waals surface area contributed by atoms with Crippen LogP contribution in [0.15, 0.2) is 24.3 Å². The monoisotopic (exact) mass is 256 g/mol. The maximum Gasteiger partial charge on any atom is 0.344 e. The van der Waals surface area contributed by atoms with Crippen molar-refractivity contribution in [3.63, 3.8) is 0 Å². The first-order chi connectivity index (χ1) is 8.43. The van der Waals surface area contributed by atoms with E-state index < -0.39 is 17.7 Å². The second kappa shape index (κ2) is 5.82. The van der Waals surface area contributed by atoms with E-state index in [0.717, 1.165) is 0 Å². The van der Waals surface area contributed by atoms with Gasteiger partial charge in [-0.05, 0) is 31.5 Å². The van der Waals surface area contributed by atoms with Crippen LogP contribution in [-0.4, -0.2) is 31.0 Å². The van der Waals surface area contributed by atoms with E-state index in [1.54, 1.807) is 19.1 Å². The van der Waals surface area contributed by atoms with E-state index in [0.29, 0.717) is 5.75 Å². The fourth-order valence-corrected chi connectivity index (χ4v) is 1.52. The Balaban J connectivity index is 2.93. The van der Waals surface area contributed by atoms with Crippen LogP contribution in [0.4, 0.5) is 4.39 Å². The minimum atomic E-state index is -2.13. The quantitative estimate of drug-likeness (QED) is 0.816. The topological polar surface area (TPSA) is 55.8 Å². The molecule has 1 N–H and O–H groups in total. The molecule has 0 fully saturated rings. The average molecular weight is 256 g/mol. The van der Waals surface area contributed by atoms with Crippen molar-refractivity contribution in [2.24, 2.45) is 0 Å². The van der Waals surface area contributed by atoms with Gasteiger partial charge in [0.25, 0.3) is 0 Å². The summed E-state index contributed by atoms with van der Waals surface area (Å²) < 4.78 is 23.4. The number of aliphatic hydroxyl groups is 1. The highest BCUT2D eigenvalue weighted by atomic mass is 19.1. The summed E-state index contributed by atoms with van der Waals surface area (Å²) in [5.41, 5.74) is -1.65. The van der Waals surface area contributed by atoms with Crippen LogP contribution in [0.5, 0.6) is 5.75 Å². The Hall–Kier alpha value is -1.62. The smallest absolute Gasteiger partial charge is 0.344 e. The first-order valence-electron chi connectivity index (χ1n) is 5.61. The van der Waals surface area contributed by atoms with Gasteiger partial charge in [-0.1, -0.05) is 12.1 Å². The number of benzene rings is 1. The van der Waals surface area contributed by atoms with Crippen LogP contribution in [0.25, 0.3) is 0 Å². The van der Waals surface area contributed by atoms with Gasteiger partial charge in [0.05, 0.1) is 13.7 Å². The average Bonchev–Trinajstić information content (AvgIpc) is 2.38. The van der Waals surface area contributed by atoms with Crippen molar-refractivity contribution in [3.8, 4) is 5.75 Å². The summed E-state index contributed by atoms with van der Waals surface area (Å²) >= 11 is 0.